The highest BCUT2D eigenvalue weighted by Crippen LogP contribution is 2.30. The number of carbonyl (C=O) groups excluding carboxylic acids is 1. The molecular formula is C13H19NO3S. The van der Waals surface area contributed by atoms with Crippen molar-refractivity contribution in [1.29, 1.82) is 0 Å². The van der Waals surface area contributed by atoms with Crippen LogP contribution in [0.5, 0.6) is 0 Å². The summed E-state index contributed by atoms with van der Waals surface area (Å²) in [6.45, 7) is 1.39. The van der Waals surface area contributed by atoms with E-state index in [4.69, 9.17) is 0 Å². The van der Waals surface area contributed by atoms with Crippen LogP contribution >= 0.6 is 11.3 Å². The molecule has 1 aromatic rings. The van der Waals surface area contributed by atoms with Crippen molar-refractivity contribution >= 4 is 17.3 Å². The van der Waals surface area contributed by atoms with Gasteiger partial charge in [-0.05, 0) is 31.4 Å². The van der Waals surface area contributed by atoms with Crippen LogP contribution in [0.15, 0.2) is 12.1 Å². The van der Waals surface area contributed by atoms with Gasteiger partial charge in [-0.3, -0.25) is 4.79 Å². The van der Waals surface area contributed by atoms with Gasteiger partial charge in [-0.1, -0.05) is 0 Å². The lowest BCUT2D eigenvalue weighted by Gasteiger charge is -2.36. The number of nitrogens with one attached hydrogen (secondary N) is 1. The third-order valence-corrected chi connectivity index (χ3v) is 4.39. The fourth-order valence-electron chi connectivity index (χ4n) is 2.01. The number of esters is 1. The van der Waals surface area contributed by atoms with E-state index in [1.54, 1.807) is 11.3 Å². The standard InChI is InChI=1S/C13H19NO3S/c1-17-12(15)7-10-3-4-11(18-10)8-14-9-13(16)5-2-6-13/h3-4,14,16H,2,5-9H2,1H3. The largest absolute Gasteiger partial charge is 0.469 e. The van der Waals surface area contributed by atoms with Crippen molar-refractivity contribution in [2.75, 3.05) is 13.7 Å². The van der Waals surface area contributed by atoms with Gasteiger partial charge >= 0.3 is 5.97 Å². The van der Waals surface area contributed by atoms with Crippen molar-refractivity contribution in [2.24, 2.45) is 0 Å². The van der Waals surface area contributed by atoms with Crippen LogP contribution in [-0.4, -0.2) is 30.3 Å². The average Bonchev–Trinajstić information content (AvgIpc) is 2.74. The van der Waals surface area contributed by atoms with Crippen molar-refractivity contribution in [3.05, 3.63) is 21.9 Å². The molecule has 0 aromatic carbocycles. The van der Waals surface area contributed by atoms with Gasteiger partial charge in [0.2, 0.25) is 0 Å². The van der Waals surface area contributed by atoms with Gasteiger partial charge < -0.3 is 15.2 Å². The molecule has 4 nitrogen and oxygen atoms in total. The van der Waals surface area contributed by atoms with Gasteiger partial charge in [-0.25, -0.2) is 0 Å². The second kappa shape index (κ2) is 5.82. The summed E-state index contributed by atoms with van der Waals surface area (Å²) in [7, 11) is 1.40. The van der Waals surface area contributed by atoms with Gasteiger partial charge in [0.15, 0.2) is 0 Å². The van der Waals surface area contributed by atoms with E-state index in [0.29, 0.717) is 13.0 Å². The fraction of sp³-hybridized carbons (Fsp3) is 0.615. The number of rotatable bonds is 6. The maximum absolute atomic E-state index is 11.1. The predicted molar refractivity (Wildman–Crippen MR) is 70.5 cm³/mol. The van der Waals surface area contributed by atoms with Crippen LogP contribution in [0.25, 0.3) is 0 Å². The molecule has 1 saturated carbocycles. The van der Waals surface area contributed by atoms with Crippen LogP contribution in [0, 0.1) is 0 Å². The predicted octanol–water partition coefficient (Wildman–Crippen LogP) is 1.47. The average molecular weight is 269 g/mol. The van der Waals surface area contributed by atoms with Crippen LogP contribution in [0.1, 0.15) is 29.0 Å². The van der Waals surface area contributed by atoms with Crippen LogP contribution in [-0.2, 0) is 22.5 Å². The van der Waals surface area contributed by atoms with E-state index < -0.39 is 5.60 Å². The molecule has 1 aliphatic rings. The summed E-state index contributed by atoms with van der Waals surface area (Å²) in [5, 5.41) is 13.2. The molecule has 1 aliphatic carbocycles. The lowest BCUT2D eigenvalue weighted by molar-refractivity contribution is -0.139. The lowest BCUT2D eigenvalue weighted by atomic mass is 9.80. The summed E-state index contributed by atoms with van der Waals surface area (Å²) in [6.07, 6.45) is 3.27. The zero-order valence-corrected chi connectivity index (χ0v) is 11.4. The number of hydrogen-bond donors (Lipinski definition) is 2. The van der Waals surface area contributed by atoms with Gasteiger partial charge in [0.1, 0.15) is 0 Å². The molecule has 0 spiro atoms. The molecule has 1 aromatic heterocycles. The van der Waals surface area contributed by atoms with Gasteiger partial charge in [-0.15, -0.1) is 11.3 Å². The lowest BCUT2D eigenvalue weighted by Crippen LogP contribution is -2.45. The van der Waals surface area contributed by atoms with E-state index >= 15 is 0 Å². The van der Waals surface area contributed by atoms with E-state index in [2.05, 4.69) is 10.1 Å². The van der Waals surface area contributed by atoms with Crippen LogP contribution in [0.4, 0.5) is 0 Å². The Hall–Kier alpha value is -0.910. The Kier molecular flexibility index (Phi) is 4.37. The Morgan fingerprint density at radius 2 is 2.22 bits per heavy atom. The molecule has 2 N–H and O–H groups in total. The number of methoxy groups -OCH3 is 1. The molecule has 0 atom stereocenters. The van der Waals surface area contributed by atoms with E-state index in [-0.39, 0.29) is 5.97 Å². The Balaban J connectivity index is 1.74. The minimum absolute atomic E-state index is 0.208. The third kappa shape index (κ3) is 3.54. The van der Waals surface area contributed by atoms with Crippen molar-refractivity contribution in [3.8, 4) is 0 Å². The van der Waals surface area contributed by atoms with E-state index in [9.17, 15) is 9.90 Å². The molecule has 0 unspecified atom stereocenters. The zero-order chi connectivity index (χ0) is 13.0. The Labute approximate surface area is 111 Å². The first-order valence-corrected chi connectivity index (χ1v) is 7.00. The summed E-state index contributed by atoms with van der Waals surface area (Å²) in [5.74, 6) is -0.208. The third-order valence-electron chi connectivity index (χ3n) is 3.30. The van der Waals surface area contributed by atoms with Crippen molar-refractivity contribution in [1.82, 2.24) is 5.32 Å². The molecule has 1 fully saturated rings. The molecule has 0 saturated heterocycles. The minimum Gasteiger partial charge on any atom is -0.469 e. The zero-order valence-electron chi connectivity index (χ0n) is 10.6. The number of aliphatic hydroxyl groups is 1. The molecule has 2 rings (SSSR count). The van der Waals surface area contributed by atoms with Gasteiger partial charge in [-0.2, -0.15) is 0 Å². The van der Waals surface area contributed by atoms with Crippen LogP contribution < -0.4 is 5.32 Å². The highest BCUT2D eigenvalue weighted by molar-refractivity contribution is 7.12. The summed E-state index contributed by atoms with van der Waals surface area (Å²) >= 11 is 1.61. The molecule has 0 aliphatic heterocycles. The monoisotopic (exact) mass is 269 g/mol. The van der Waals surface area contributed by atoms with E-state index in [1.165, 1.54) is 12.0 Å². The number of ether oxygens (including phenoxy) is 1. The smallest absolute Gasteiger partial charge is 0.310 e. The molecule has 100 valence electrons. The Morgan fingerprint density at radius 1 is 1.50 bits per heavy atom. The van der Waals surface area contributed by atoms with E-state index in [0.717, 1.165) is 30.7 Å². The summed E-state index contributed by atoms with van der Waals surface area (Å²) in [5.41, 5.74) is -0.480. The Bertz CT molecular complexity index is 412. The molecule has 0 bridgehead atoms. The van der Waals surface area contributed by atoms with Gasteiger partial charge in [0.25, 0.3) is 0 Å². The molecule has 18 heavy (non-hydrogen) atoms. The highest BCUT2D eigenvalue weighted by atomic mass is 32.1. The molecule has 0 radical (unpaired) electrons. The molecule has 1 heterocycles. The number of carbonyl (C=O) groups is 1. The molecule has 0 amide bonds. The summed E-state index contributed by atoms with van der Waals surface area (Å²) in [6, 6.07) is 3.97. The second-order valence-electron chi connectivity index (χ2n) is 4.80. The van der Waals surface area contributed by atoms with Crippen molar-refractivity contribution in [2.45, 2.75) is 37.8 Å². The summed E-state index contributed by atoms with van der Waals surface area (Å²) < 4.78 is 4.63. The number of hydrogen-bond acceptors (Lipinski definition) is 5. The van der Waals surface area contributed by atoms with Crippen LogP contribution in [0.2, 0.25) is 0 Å². The SMILES string of the molecule is COC(=O)Cc1ccc(CNCC2(O)CCC2)s1. The maximum atomic E-state index is 11.1. The van der Waals surface area contributed by atoms with Crippen molar-refractivity contribution < 1.29 is 14.6 Å². The van der Waals surface area contributed by atoms with E-state index in [1.807, 2.05) is 12.1 Å². The topological polar surface area (TPSA) is 58.6 Å². The molecule has 5 heteroatoms. The first-order chi connectivity index (χ1) is 8.61. The Morgan fingerprint density at radius 3 is 2.83 bits per heavy atom. The van der Waals surface area contributed by atoms with Gasteiger partial charge in [0.05, 0.1) is 19.1 Å². The maximum Gasteiger partial charge on any atom is 0.310 e. The minimum atomic E-state index is -0.480. The number of thiophene rings is 1. The second-order valence-corrected chi connectivity index (χ2v) is 6.06. The first-order valence-electron chi connectivity index (χ1n) is 6.19. The van der Waals surface area contributed by atoms with Crippen LogP contribution in [0.3, 0.4) is 0 Å². The van der Waals surface area contributed by atoms with Crippen molar-refractivity contribution in [3.63, 3.8) is 0 Å². The normalized spacial score (nSPS) is 17.2. The fourth-order valence-corrected chi connectivity index (χ4v) is 2.98. The quantitative estimate of drug-likeness (QED) is 0.768. The first kappa shape index (κ1) is 13.5. The highest BCUT2D eigenvalue weighted by Gasteiger charge is 2.33. The molecular weight excluding hydrogens is 250 g/mol. The van der Waals surface area contributed by atoms with Gasteiger partial charge in [0, 0.05) is 22.8 Å². The summed E-state index contributed by atoms with van der Waals surface area (Å²) in [4.78, 5) is 13.3.